The fourth-order valence-electron chi connectivity index (χ4n) is 3.01. The number of nitrogens with zero attached hydrogens (tertiary/aromatic N) is 2. The fraction of sp³-hybridized carbons (Fsp3) is 0.909. The van der Waals surface area contributed by atoms with Crippen molar-refractivity contribution in [3.8, 4) is 6.07 Å². The van der Waals surface area contributed by atoms with Crippen LogP contribution in [0.3, 0.4) is 0 Å². The van der Waals surface area contributed by atoms with E-state index >= 15 is 0 Å². The Morgan fingerprint density at radius 3 is 2.85 bits per heavy atom. The molecule has 3 unspecified atom stereocenters. The quantitative estimate of drug-likeness (QED) is 0.662. The number of likely N-dealkylation sites (tertiary alicyclic amines) is 1. The van der Waals surface area contributed by atoms with E-state index in [1.165, 1.54) is 25.8 Å². The molecule has 0 aromatic heterocycles. The average molecular weight is 178 g/mol. The van der Waals surface area contributed by atoms with Gasteiger partial charge < -0.3 is 0 Å². The maximum atomic E-state index is 8.72. The highest BCUT2D eigenvalue weighted by atomic mass is 15.2. The molecule has 0 N–H and O–H groups in total. The molecule has 1 heterocycles. The van der Waals surface area contributed by atoms with Gasteiger partial charge in [0.1, 0.15) is 0 Å². The van der Waals surface area contributed by atoms with Gasteiger partial charge in [-0.15, -0.1) is 0 Å². The number of piperidine rings is 1. The highest BCUT2D eigenvalue weighted by Crippen LogP contribution is 2.39. The minimum Gasteiger partial charge on any atom is -0.296 e. The summed E-state index contributed by atoms with van der Waals surface area (Å²) in [5, 5.41) is 8.72. The van der Waals surface area contributed by atoms with Crippen LogP contribution in [0.1, 0.15) is 39.0 Å². The third kappa shape index (κ3) is 1.58. The van der Waals surface area contributed by atoms with Crippen molar-refractivity contribution in [1.29, 1.82) is 5.26 Å². The summed E-state index contributed by atoms with van der Waals surface area (Å²) in [6, 6.07) is 3.68. The largest absolute Gasteiger partial charge is 0.296 e. The van der Waals surface area contributed by atoms with Gasteiger partial charge in [-0.05, 0) is 31.6 Å². The molecule has 13 heavy (non-hydrogen) atoms. The van der Waals surface area contributed by atoms with E-state index in [9.17, 15) is 0 Å². The molecular formula is C11H18N2. The highest BCUT2D eigenvalue weighted by Gasteiger charge is 2.40. The van der Waals surface area contributed by atoms with Crippen LogP contribution in [-0.4, -0.2) is 23.5 Å². The van der Waals surface area contributed by atoms with E-state index < -0.39 is 0 Å². The van der Waals surface area contributed by atoms with Gasteiger partial charge in [0.05, 0.1) is 12.5 Å². The van der Waals surface area contributed by atoms with Crippen LogP contribution in [0.5, 0.6) is 0 Å². The van der Waals surface area contributed by atoms with Crippen molar-refractivity contribution < 1.29 is 0 Å². The van der Waals surface area contributed by atoms with Crippen molar-refractivity contribution in [2.45, 2.75) is 51.1 Å². The molecule has 72 valence electrons. The van der Waals surface area contributed by atoms with Gasteiger partial charge in [0.25, 0.3) is 0 Å². The van der Waals surface area contributed by atoms with Crippen LogP contribution < -0.4 is 0 Å². The van der Waals surface area contributed by atoms with Crippen LogP contribution in [0.15, 0.2) is 0 Å². The van der Waals surface area contributed by atoms with Crippen molar-refractivity contribution in [2.75, 3.05) is 6.54 Å². The van der Waals surface area contributed by atoms with Gasteiger partial charge >= 0.3 is 0 Å². The monoisotopic (exact) mass is 178 g/mol. The number of nitriles is 1. The molecule has 1 aliphatic heterocycles. The van der Waals surface area contributed by atoms with Crippen molar-refractivity contribution in [1.82, 2.24) is 4.90 Å². The predicted octanol–water partition coefficient (Wildman–Crippen LogP) is 2.16. The topological polar surface area (TPSA) is 27.0 Å². The zero-order chi connectivity index (χ0) is 9.26. The molecule has 2 aliphatic rings. The Morgan fingerprint density at radius 1 is 1.54 bits per heavy atom. The van der Waals surface area contributed by atoms with Crippen molar-refractivity contribution in [3.05, 3.63) is 0 Å². The molecular weight excluding hydrogens is 160 g/mol. The van der Waals surface area contributed by atoms with E-state index in [4.69, 9.17) is 5.26 Å². The minimum atomic E-state index is 0.542. The molecule has 0 spiro atoms. The summed E-state index contributed by atoms with van der Waals surface area (Å²) in [6.45, 7) is 3.47. The Kier molecular flexibility index (Phi) is 2.55. The Labute approximate surface area is 80.5 Å². The maximum absolute atomic E-state index is 8.72. The van der Waals surface area contributed by atoms with Crippen molar-refractivity contribution in [2.24, 2.45) is 5.92 Å². The Morgan fingerprint density at radius 2 is 2.38 bits per heavy atom. The highest BCUT2D eigenvalue weighted by molar-refractivity contribution is 4.96. The summed E-state index contributed by atoms with van der Waals surface area (Å²) in [6.07, 6.45) is 6.08. The Hall–Kier alpha value is -0.550. The zero-order valence-corrected chi connectivity index (χ0v) is 8.37. The molecule has 2 rings (SSSR count). The molecule has 2 fully saturated rings. The second-order valence-corrected chi connectivity index (χ2v) is 4.45. The van der Waals surface area contributed by atoms with Crippen molar-refractivity contribution in [3.63, 3.8) is 0 Å². The van der Waals surface area contributed by atoms with Gasteiger partial charge in [0.2, 0.25) is 0 Å². The van der Waals surface area contributed by atoms with E-state index in [0.29, 0.717) is 6.04 Å². The van der Waals surface area contributed by atoms with Crippen LogP contribution >= 0.6 is 0 Å². The lowest BCUT2D eigenvalue weighted by Crippen LogP contribution is -2.40. The summed E-state index contributed by atoms with van der Waals surface area (Å²) >= 11 is 0. The molecule has 1 saturated carbocycles. The van der Waals surface area contributed by atoms with Crippen LogP contribution in [0.2, 0.25) is 0 Å². The molecule has 0 radical (unpaired) electrons. The lowest BCUT2D eigenvalue weighted by molar-refractivity contribution is 0.147. The van der Waals surface area contributed by atoms with Gasteiger partial charge in [0.15, 0.2) is 0 Å². The first-order valence-electron chi connectivity index (χ1n) is 5.47. The van der Waals surface area contributed by atoms with Gasteiger partial charge in [-0.3, -0.25) is 4.90 Å². The second-order valence-electron chi connectivity index (χ2n) is 4.45. The van der Waals surface area contributed by atoms with Crippen LogP contribution in [0.4, 0.5) is 0 Å². The standard InChI is InChI=1S/C11H18N2/c1-2-10(5-6-12)13-8-9-3-4-11(13)7-9/h9-11H,2-5,7-8H2,1H3. The van der Waals surface area contributed by atoms with E-state index in [1.807, 2.05) is 0 Å². The molecule has 2 nitrogen and oxygen atoms in total. The number of rotatable bonds is 3. The van der Waals surface area contributed by atoms with Crippen LogP contribution in [0, 0.1) is 17.2 Å². The molecule has 3 atom stereocenters. The third-order valence-electron chi connectivity index (χ3n) is 3.72. The van der Waals surface area contributed by atoms with E-state index in [0.717, 1.165) is 24.8 Å². The molecule has 0 aromatic rings. The van der Waals surface area contributed by atoms with Gasteiger partial charge in [-0.1, -0.05) is 6.92 Å². The number of hydrogen-bond acceptors (Lipinski definition) is 2. The van der Waals surface area contributed by atoms with Crippen molar-refractivity contribution >= 4 is 0 Å². The molecule has 1 saturated heterocycles. The lowest BCUT2D eigenvalue weighted by atomic mass is 10.0. The minimum absolute atomic E-state index is 0.542. The van der Waals surface area contributed by atoms with E-state index in [2.05, 4.69) is 17.9 Å². The van der Waals surface area contributed by atoms with E-state index in [1.54, 1.807) is 0 Å². The number of hydrogen-bond donors (Lipinski definition) is 0. The molecule has 2 heteroatoms. The first-order chi connectivity index (χ1) is 6.35. The summed E-state index contributed by atoms with van der Waals surface area (Å²) in [5.41, 5.74) is 0. The summed E-state index contributed by atoms with van der Waals surface area (Å²) in [7, 11) is 0. The Bertz CT molecular complexity index is 219. The molecule has 2 bridgehead atoms. The average Bonchev–Trinajstić information content (AvgIpc) is 2.74. The van der Waals surface area contributed by atoms with Gasteiger partial charge in [0, 0.05) is 18.6 Å². The Balaban J connectivity index is 1.96. The SMILES string of the molecule is CCC(CC#N)N1CC2CCC1C2. The number of fused-ring (bicyclic) bond motifs is 2. The smallest absolute Gasteiger partial charge is 0.0638 e. The van der Waals surface area contributed by atoms with Gasteiger partial charge in [-0.25, -0.2) is 0 Å². The second kappa shape index (κ2) is 3.67. The molecule has 0 amide bonds. The first-order valence-corrected chi connectivity index (χ1v) is 5.47. The lowest BCUT2D eigenvalue weighted by Gasteiger charge is -2.33. The maximum Gasteiger partial charge on any atom is 0.0638 e. The first kappa shape index (κ1) is 9.02. The zero-order valence-electron chi connectivity index (χ0n) is 8.37. The van der Waals surface area contributed by atoms with Crippen LogP contribution in [0.25, 0.3) is 0 Å². The van der Waals surface area contributed by atoms with Crippen LogP contribution in [-0.2, 0) is 0 Å². The predicted molar refractivity (Wildman–Crippen MR) is 52.1 cm³/mol. The normalized spacial score (nSPS) is 34.8. The van der Waals surface area contributed by atoms with E-state index in [-0.39, 0.29) is 0 Å². The molecule has 0 aromatic carbocycles. The molecule has 1 aliphatic carbocycles. The van der Waals surface area contributed by atoms with Gasteiger partial charge in [-0.2, -0.15) is 5.26 Å². The third-order valence-corrected chi connectivity index (χ3v) is 3.72. The summed E-state index contributed by atoms with van der Waals surface area (Å²) in [5.74, 6) is 0.956. The summed E-state index contributed by atoms with van der Waals surface area (Å²) in [4.78, 5) is 2.59. The summed E-state index contributed by atoms with van der Waals surface area (Å²) < 4.78 is 0. The fourth-order valence-corrected chi connectivity index (χ4v) is 3.01.